The molecule has 2 rings (SSSR count). The van der Waals surface area contributed by atoms with E-state index in [1.165, 1.54) is 0 Å². The Labute approximate surface area is 109 Å². The van der Waals surface area contributed by atoms with E-state index in [4.69, 9.17) is 10.8 Å². The normalized spacial score (nSPS) is 9.50. The number of rotatable bonds is 1. The summed E-state index contributed by atoms with van der Waals surface area (Å²) in [6, 6.07) is 6.05. The number of carbonyl (C=O) groups is 1. The molecule has 0 unspecified atom stereocenters. The van der Waals surface area contributed by atoms with Gasteiger partial charge < -0.3 is 10.8 Å². The molecule has 0 radical (unpaired) electrons. The van der Waals surface area contributed by atoms with Crippen LogP contribution in [0.15, 0.2) is 18.2 Å². The predicted octanol–water partition coefficient (Wildman–Crippen LogP) is 2.43. The second-order valence-electron chi connectivity index (χ2n) is 3.80. The highest BCUT2D eigenvalue weighted by atomic mass is 32.1. The van der Waals surface area contributed by atoms with Crippen molar-refractivity contribution >= 4 is 23.2 Å². The van der Waals surface area contributed by atoms with Gasteiger partial charge in [-0.25, -0.2) is 4.79 Å². The maximum atomic E-state index is 10.2. The molecule has 0 bridgehead atoms. The molecule has 0 atom stereocenters. The minimum Gasteiger partial charge on any atom is -0.477 e. The number of nitrogens with two attached hydrogens (primary N) is 1. The SMILES string of the molecule is Cc1cccc(C)c1N.Cc1nnsc1C(=O)O. The van der Waals surface area contributed by atoms with Crippen LogP contribution in [0.25, 0.3) is 0 Å². The molecule has 96 valence electrons. The fraction of sp³-hybridized carbons (Fsp3) is 0.250. The Kier molecular flexibility index (Phi) is 4.79. The largest absolute Gasteiger partial charge is 0.477 e. The van der Waals surface area contributed by atoms with Crippen LogP contribution in [-0.4, -0.2) is 20.7 Å². The number of nitrogen functional groups attached to an aromatic ring is 1. The van der Waals surface area contributed by atoms with Crippen LogP contribution in [0.1, 0.15) is 26.5 Å². The van der Waals surface area contributed by atoms with Gasteiger partial charge in [0.15, 0.2) is 4.88 Å². The van der Waals surface area contributed by atoms with E-state index in [9.17, 15) is 4.79 Å². The minimum atomic E-state index is -0.956. The molecule has 2 aromatic rings. The maximum Gasteiger partial charge on any atom is 0.349 e. The quantitative estimate of drug-likeness (QED) is 0.773. The first-order chi connectivity index (χ1) is 8.43. The number of para-hydroxylation sites is 1. The number of anilines is 1. The van der Waals surface area contributed by atoms with Crippen molar-refractivity contribution < 1.29 is 9.90 Å². The van der Waals surface area contributed by atoms with Gasteiger partial charge in [0.25, 0.3) is 0 Å². The van der Waals surface area contributed by atoms with E-state index in [-0.39, 0.29) is 4.88 Å². The topological polar surface area (TPSA) is 89.1 Å². The monoisotopic (exact) mass is 265 g/mol. The molecule has 6 heteroatoms. The highest BCUT2D eigenvalue weighted by Crippen LogP contribution is 2.13. The minimum absolute atomic E-state index is 0.218. The number of carboxylic acid groups (broad SMARTS) is 1. The Morgan fingerprint density at radius 2 is 1.83 bits per heavy atom. The fourth-order valence-electron chi connectivity index (χ4n) is 1.26. The first kappa shape index (κ1) is 14.1. The molecule has 0 aliphatic rings. The second kappa shape index (κ2) is 6.11. The average Bonchev–Trinajstić information content (AvgIpc) is 2.73. The van der Waals surface area contributed by atoms with Crippen molar-refractivity contribution in [2.75, 3.05) is 5.73 Å². The number of aromatic nitrogens is 2. The number of hydrogen-bond acceptors (Lipinski definition) is 5. The zero-order chi connectivity index (χ0) is 13.7. The lowest BCUT2D eigenvalue weighted by molar-refractivity contribution is 0.0701. The zero-order valence-corrected chi connectivity index (χ0v) is 11.3. The third kappa shape index (κ3) is 3.53. The molecule has 0 saturated heterocycles. The van der Waals surface area contributed by atoms with Crippen molar-refractivity contribution in [2.24, 2.45) is 0 Å². The lowest BCUT2D eigenvalue weighted by atomic mass is 10.1. The van der Waals surface area contributed by atoms with Gasteiger partial charge >= 0.3 is 5.97 Å². The highest BCUT2D eigenvalue weighted by molar-refractivity contribution is 7.07. The van der Waals surface area contributed by atoms with Crippen molar-refractivity contribution in [1.29, 1.82) is 0 Å². The number of nitrogens with zero attached hydrogens (tertiary/aromatic N) is 2. The summed E-state index contributed by atoms with van der Waals surface area (Å²) in [4.78, 5) is 10.4. The van der Waals surface area contributed by atoms with Gasteiger partial charge in [0.1, 0.15) is 0 Å². The summed E-state index contributed by atoms with van der Waals surface area (Å²) < 4.78 is 3.45. The smallest absolute Gasteiger partial charge is 0.349 e. The molecule has 1 aromatic carbocycles. The first-order valence-electron chi connectivity index (χ1n) is 5.27. The summed E-state index contributed by atoms with van der Waals surface area (Å²) >= 11 is 0.897. The van der Waals surface area contributed by atoms with E-state index in [2.05, 4.69) is 9.59 Å². The molecule has 0 amide bonds. The molecule has 0 aliphatic heterocycles. The number of carboxylic acids is 1. The van der Waals surface area contributed by atoms with Gasteiger partial charge in [0.05, 0.1) is 5.69 Å². The fourth-order valence-corrected chi connectivity index (χ4v) is 1.75. The van der Waals surface area contributed by atoms with E-state index < -0.39 is 5.97 Å². The number of aryl methyl sites for hydroxylation is 3. The predicted molar refractivity (Wildman–Crippen MR) is 71.9 cm³/mol. The third-order valence-corrected chi connectivity index (χ3v) is 3.20. The Balaban J connectivity index is 0.000000180. The lowest BCUT2D eigenvalue weighted by Crippen LogP contribution is -1.94. The van der Waals surface area contributed by atoms with Gasteiger partial charge in [-0.05, 0) is 43.4 Å². The van der Waals surface area contributed by atoms with Crippen molar-refractivity contribution in [1.82, 2.24) is 9.59 Å². The number of aromatic carboxylic acids is 1. The van der Waals surface area contributed by atoms with E-state index in [0.29, 0.717) is 5.69 Å². The Morgan fingerprint density at radius 1 is 1.28 bits per heavy atom. The Bertz CT molecular complexity index is 532. The van der Waals surface area contributed by atoms with Gasteiger partial charge in [-0.1, -0.05) is 22.7 Å². The molecule has 0 saturated carbocycles. The Morgan fingerprint density at radius 3 is 2.11 bits per heavy atom. The van der Waals surface area contributed by atoms with Crippen LogP contribution in [0, 0.1) is 20.8 Å². The van der Waals surface area contributed by atoms with Crippen molar-refractivity contribution in [3.05, 3.63) is 39.9 Å². The van der Waals surface area contributed by atoms with Crippen LogP contribution in [0.5, 0.6) is 0 Å². The van der Waals surface area contributed by atoms with Crippen molar-refractivity contribution in [3.8, 4) is 0 Å². The summed E-state index contributed by atoms with van der Waals surface area (Å²) in [5.74, 6) is -0.956. The molecule has 5 nitrogen and oxygen atoms in total. The molecule has 0 aliphatic carbocycles. The van der Waals surface area contributed by atoms with E-state index in [0.717, 1.165) is 28.3 Å². The summed E-state index contributed by atoms with van der Waals surface area (Å²) in [5, 5.41) is 11.9. The average molecular weight is 265 g/mol. The number of hydrogen-bond donors (Lipinski definition) is 2. The third-order valence-electron chi connectivity index (χ3n) is 2.39. The van der Waals surface area contributed by atoms with Gasteiger partial charge in [-0.2, -0.15) is 0 Å². The van der Waals surface area contributed by atoms with Crippen LogP contribution >= 0.6 is 11.5 Å². The van der Waals surface area contributed by atoms with Crippen molar-refractivity contribution in [3.63, 3.8) is 0 Å². The zero-order valence-electron chi connectivity index (χ0n) is 10.5. The van der Waals surface area contributed by atoms with Crippen LogP contribution in [-0.2, 0) is 0 Å². The molecule has 3 N–H and O–H groups in total. The molecular weight excluding hydrogens is 250 g/mol. The molecule has 1 aromatic heterocycles. The van der Waals surface area contributed by atoms with Crippen LogP contribution in [0.3, 0.4) is 0 Å². The summed E-state index contributed by atoms with van der Waals surface area (Å²) in [6.07, 6.45) is 0. The molecular formula is C12H15N3O2S. The van der Waals surface area contributed by atoms with Crippen LogP contribution in [0.2, 0.25) is 0 Å². The van der Waals surface area contributed by atoms with Gasteiger partial charge in [-0.3, -0.25) is 0 Å². The summed E-state index contributed by atoms with van der Waals surface area (Å²) in [5.41, 5.74) is 9.40. The number of benzene rings is 1. The molecule has 0 spiro atoms. The van der Waals surface area contributed by atoms with E-state index in [1.54, 1.807) is 6.92 Å². The Hall–Kier alpha value is -1.95. The molecule has 1 heterocycles. The summed E-state index contributed by atoms with van der Waals surface area (Å²) in [7, 11) is 0. The van der Waals surface area contributed by atoms with Crippen LogP contribution < -0.4 is 5.73 Å². The first-order valence-corrected chi connectivity index (χ1v) is 6.04. The van der Waals surface area contributed by atoms with E-state index in [1.807, 2.05) is 32.0 Å². The van der Waals surface area contributed by atoms with Gasteiger partial charge in [0.2, 0.25) is 0 Å². The standard InChI is InChI=1S/C8H11N.C4H4N2O2S/c1-6-4-3-5-7(2)8(6)9;1-2-3(4(7)8)9-6-5-2/h3-5H,9H2,1-2H3;1H3,(H,7,8). The van der Waals surface area contributed by atoms with Crippen molar-refractivity contribution in [2.45, 2.75) is 20.8 Å². The maximum absolute atomic E-state index is 10.2. The highest BCUT2D eigenvalue weighted by Gasteiger charge is 2.09. The molecule has 18 heavy (non-hydrogen) atoms. The lowest BCUT2D eigenvalue weighted by Gasteiger charge is -2.00. The van der Waals surface area contributed by atoms with E-state index >= 15 is 0 Å². The van der Waals surface area contributed by atoms with Gasteiger partial charge in [0, 0.05) is 5.69 Å². The second-order valence-corrected chi connectivity index (χ2v) is 4.55. The van der Waals surface area contributed by atoms with Gasteiger partial charge in [-0.15, -0.1) is 5.10 Å². The molecule has 0 fully saturated rings. The summed E-state index contributed by atoms with van der Waals surface area (Å²) in [6.45, 7) is 5.65. The van der Waals surface area contributed by atoms with Crippen LogP contribution in [0.4, 0.5) is 5.69 Å².